The van der Waals surface area contributed by atoms with Crippen LogP contribution in [0, 0.1) is 11.8 Å². The number of aliphatic hydroxyl groups excluding tert-OH is 2. The van der Waals surface area contributed by atoms with E-state index in [1.165, 1.54) is 4.90 Å². The lowest BCUT2D eigenvalue weighted by Crippen LogP contribution is -2.64. The summed E-state index contributed by atoms with van der Waals surface area (Å²) < 4.78 is 22.3. The van der Waals surface area contributed by atoms with Crippen molar-refractivity contribution in [3.05, 3.63) is 11.6 Å². The van der Waals surface area contributed by atoms with Crippen molar-refractivity contribution in [2.75, 3.05) is 20.8 Å². The fourth-order valence-electron chi connectivity index (χ4n) is 6.00. The van der Waals surface area contributed by atoms with E-state index >= 15 is 0 Å². The summed E-state index contributed by atoms with van der Waals surface area (Å²) >= 11 is 0. The smallest absolute Gasteiger partial charge is 0.329 e. The molecule has 2 heterocycles. The van der Waals surface area contributed by atoms with Crippen LogP contribution in [0.5, 0.6) is 0 Å². The second-order valence-electron chi connectivity index (χ2n) is 11.3. The van der Waals surface area contributed by atoms with Crippen LogP contribution in [0.1, 0.15) is 72.6 Å². The summed E-state index contributed by atoms with van der Waals surface area (Å²) in [6.45, 7) is 7.42. The lowest BCUT2D eigenvalue weighted by molar-refractivity contribution is -0.330. The van der Waals surface area contributed by atoms with Gasteiger partial charge in [0.25, 0.3) is 5.91 Å². The molecule has 3 N–H and O–H groups in total. The first-order chi connectivity index (χ1) is 17.9. The highest BCUT2D eigenvalue weighted by molar-refractivity contribution is 5.88. The van der Waals surface area contributed by atoms with Crippen molar-refractivity contribution in [1.82, 2.24) is 4.90 Å². The van der Waals surface area contributed by atoms with Crippen molar-refractivity contribution in [3.8, 4) is 0 Å². The quantitative estimate of drug-likeness (QED) is 0.311. The van der Waals surface area contributed by atoms with Crippen LogP contribution in [-0.2, 0) is 28.5 Å². The van der Waals surface area contributed by atoms with Gasteiger partial charge >= 0.3 is 5.97 Å². The molecule has 1 saturated carbocycles. The largest absolute Gasteiger partial charge is 0.457 e. The molecule has 0 spiro atoms. The Kier molecular flexibility index (Phi) is 10.8. The lowest BCUT2D eigenvalue weighted by atomic mass is 9.84. The van der Waals surface area contributed by atoms with E-state index in [1.807, 2.05) is 6.92 Å². The standard InChI is InChI=1S/C28H47NO9/c1-16(13-20-10-11-22(30)24(15-20)36-6)18(3)37-27(33)21-9-7-8-12-29(21)26(32)25(31)28(34)17(2)14-23(35-5)19(4)38-28/h13,17-25,30-31,34H,7-12,14-15H2,1-6H3/b16-13+. The highest BCUT2D eigenvalue weighted by Crippen LogP contribution is 2.37. The topological polar surface area (TPSA) is 135 Å². The molecule has 10 unspecified atom stereocenters. The third kappa shape index (κ3) is 6.77. The van der Waals surface area contributed by atoms with Gasteiger partial charge in [0, 0.05) is 26.7 Å². The molecule has 218 valence electrons. The van der Waals surface area contributed by atoms with Crippen LogP contribution >= 0.6 is 0 Å². The highest BCUT2D eigenvalue weighted by Gasteiger charge is 2.54. The van der Waals surface area contributed by atoms with Gasteiger partial charge in [-0.05, 0) is 77.2 Å². The molecule has 3 aliphatic rings. The van der Waals surface area contributed by atoms with E-state index in [4.69, 9.17) is 18.9 Å². The first-order valence-corrected chi connectivity index (χ1v) is 13.9. The summed E-state index contributed by atoms with van der Waals surface area (Å²) in [6.07, 6.45) is 2.72. The van der Waals surface area contributed by atoms with Crippen LogP contribution in [0.4, 0.5) is 0 Å². The van der Waals surface area contributed by atoms with E-state index in [9.17, 15) is 24.9 Å². The van der Waals surface area contributed by atoms with Gasteiger partial charge in [0.2, 0.25) is 5.79 Å². The number of ether oxygens (including phenoxy) is 4. The number of methoxy groups -OCH3 is 2. The summed E-state index contributed by atoms with van der Waals surface area (Å²) in [5.41, 5.74) is 0.892. The Morgan fingerprint density at radius 3 is 2.42 bits per heavy atom. The van der Waals surface area contributed by atoms with Crippen LogP contribution in [0.15, 0.2) is 11.6 Å². The lowest BCUT2D eigenvalue weighted by Gasteiger charge is -2.47. The highest BCUT2D eigenvalue weighted by atomic mass is 16.7. The molecule has 10 nitrogen and oxygen atoms in total. The van der Waals surface area contributed by atoms with Gasteiger partial charge in [0.05, 0.1) is 24.4 Å². The number of aliphatic hydroxyl groups is 3. The first-order valence-electron chi connectivity index (χ1n) is 13.9. The average Bonchev–Trinajstić information content (AvgIpc) is 2.90. The molecule has 10 atom stereocenters. The molecule has 3 rings (SSSR count). The number of allylic oxidation sites excluding steroid dienone is 1. The normalized spacial score (nSPS) is 38.4. The number of amides is 1. The SMILES string of the molecule is COC1CC(/C=C(\C)C(C)OC(=O)C2CCCCN2C(=O)C(O)C2(O)OC(C)C(OC)CC2C)CCC1O. The number of hydrogen-bond acceptors (Lipinski definition) is 9. The minimum Gasteiger partial charge on any atom is -0.457 e. The number of piperidine rings is 1. The Balaban J connectivity index is 1.66. The molecule has 38 heavy (non-hydrogen) atoms. The van der Waals surface area contributed by atoms with Gasteiger partial charge in [0.15, 0.2) is 6.10 Å². The molecule has 0 aromatic rings. The van der Waals surface area contributed by atoms with E-state index in [-0.39, 0.29) is 24.7 Å². The Bertz CT molecular complexity index is 850. The molecule has 0 aromatic heterocycles. The third-order valence-electron chi connectivity index (χ3n) is 8.71. The predicted octanol–water partition coefficient (Wildman–Crippen LogP) is 1.93. The zero-order chi connectivity index (χ0) is 28.2. The monoisotopic (exact) mass is 541 g/mol. The van der Waals surface area contributed by atoms with Gasteiger partial charge < -0.3 is 39.2 Å². The Morgan fingerprint density at radius 1 is 1.08 bits per heavy atom. The molecule has 2 aliphatic heterocycles. The molecule has 2 saturated heterocycles. The van der Waals surface area contributed by atoms with Crippen molar-refractivity contribution >= 4 is 11.9 Å². The van der Waals surface area contributed by atoms with Gasteiger partial charge in [-0.1, -0.05) is 13.0 Å². The molecule has 10 heteroatoms. The molecular weight excluding hydrogens is 494 g/mol. The maximum absolute atomic E-state index is 13.4. The Hall–Kier alpha value is -1.56. The van der Waals surface area contributed by atoms with E-state index in [0.29, 0.717) is 32.1 Å². The van der Waals surface area contributed by atoms with Crippen molar-refractivity contribution in [3.63, 3.8) is 0 Å². The average molecular weight is 542 g/mol. The second kappa shape index (κ2) is 13.2. The van der Waals surface area contributed by atoms with Crippen molar-refractivity contribution < 1.29 is 43.9 Å². The number of nitrogens with zero attached hydrogens (tertiary/aromatic N) is 1. The number of carbonyl (C=O) groups excluding carboxylic acids is 2. The van der Waals surface area contributed by atoms with Gasteiger partial charge in [-0.3, -0.25) is 4.79 Å². The summed E-state index contributed by atoms with van der Waals surface area (Å²) in [6, 6.07) is -0.851. The van der Waals surface area contributed by atoms with Gasteiger partial charge in [-0.25, -0.2) is 4.79 Å². The fraction of sp³-hybridized carbons (Fsp3) is 0.857. The fourth-order valence-corrected chi connectivity index (χ4v) is 6.00. The summed E-state index contributed by atoms with van der Waals surface area (Å²) in [5.74, 6) is -3.71. The number of hydrogen-bond donors (Lipinski definition) is 3. The maximum Gasteiger partial charge on any atom is 0.329 e. The van der Waals surface area contributed by atoms with Gasteiger partial charge in [-0.2, -0.15) is 0 Å². The minimum atomic E-state index is -2.09. The van der Waals surface area contributed by atoms with Gasteiger partial charge in [-0.15, -0.1) is 0 Å². The van der Waals surface area contributed by atoms with E-state index in [1.54, 1.807) is 35.0 Å². The van der Waals surface area contributed by atoms with Crippen molar-refractivity contribution in [1.29, 1.82) is 0 Å². The molecule has 1 amide bonds. The number of esters is 1. The van der Waals surface area contributed by atoms with Crippen LogP contribution in [-0.4, -0.2) is 101 Å². The summed E-state index contributed by atoms with van der Waals surface area (Å²) in [7, 11) is 3.16. The van der Waals surface area contributed by atoms with Gasteiger partial charge in [0.1, 0.15) is 12.1 Å². The molecule has 1 aliphatic carbocycles. The number of carbonyl (C=O) groups is 2. The second-order valence-corrected chi connectivity index (χ2v) is 11.3. The zero-order valence-electron chi connectivity index (χ0n) is 23.7. The zero-order valence-corrected chi connectivity index (χ0v) is 23.7. The molecule has 0 radical (unpaired) electrons. The Morgan fingerprint density at radius 2 is 1.76 bits per heavy atom. The van der Waals surface area contributed by atoms with Crippen LogP contribution < -0.4 is 0 Å². The van der Waals surface area contributed by atoms with Crippen LogP contribution in [0.3, 0.4) is 0 Å². The van der Waals surface area contributed by atoms with Crippen LogP contribution in [0.25, 0.3) is 0 Å². The number of likely N-dealkylation sites (tertiary alicyclic amines) is 1. The maximum atomic E-state index is 13.4. The van der Waals surface area contributed by atoms with E-state index in [0.717, 1.165) is 18.4 Å². The third-order valence-corrected chi connectivity index (χ3v) is 8.71. The van der Waals surface area contributed by atoms with Crippen molar-refractivity contribution in [2.24, 2.45) is 11.8 Å². The predicted molar refractivity (Wildman–Crippen MR) is 139 cm³/mol. The molecule has 0 bridgehead atoms. The molecular formula is C28H47NO9. The number of rotatable bonds is 8. The Labute approximate surface area is 226 Å². The molecule has 3 fully saturated rings. The first kappa shape index (κ1) is 31.0. The summed E-state index contributed by atoms with van der Waals surface area (Å²) in [5, 5.41) is 32.3. The van der Waals surface area contributed by atoms with E-state index < -0.39 is 54.0 Å². The van der Waals surface area contributed by atoms with Crippen LogP contribution in [0.2, 0.25) is 0 Å². The molecule has 0 aromatic carbocycles. The minimum absolute atomic E-state index is 0.210. The summed E-state index contributed by atoms with van der Waals surface area (Å²) in [4.78, 5) is 28.0. The van der Waals surface area contributed by atoms with E-state index in [2.05, 4.69) is 6.08 Å². The van der Waals surface area contributed by atoms with Crippen molar-refractivity contribution in [2.45, 2.75) is 121 Å².